The lowest BCUT2D eigenvalue weighted by Crippen LogP contribution is -2.37. The third-order valence-corrected chi connectivity index (χ3v) is 3.50. The largest absolute Gasteiger partial charge is 0.546 e. The lowest BCUT2D eigenvalue weighted by atomic mass is 10.2. The Balaban J connectivity index is 1.75. The Kier molecular flexibility index (Phi) is 8.66. The highest BCUT2D eigenvalue weighted by molar-refractivity contribution is 5.87. The molecule has 0 aromatic heterocycles. The lowest BCUT2D eigenvalue weighted by molar-refractivity contribution is -0.307. The average Bonchev–Trinajstić information content (AvgIpc) is 2.75. The molecule has 0 aliphatic heterocycles. The number of carbonyl (C=O) groups is 3. The van der Waals surface area contributed by atoms with Gasteiger partial charge in [0.1, 0.15) is 12.4 Å². The molecule has 0 saturated heterocycles. The Morgan fingerprint density at radius 3 is 2.47 bits per heavy atom. The zero-order valence-electron chi connectivity index (χ0n) is 16.1. The number of methoxy groups -OCH3 is 1. The van der Waals surface area contributed by atoms with Gasteiger partial charge in [0, 0.05) is 0 Å². The maximum atomic E-state index is 11.8. The van der Waals surface area contributed by atoms with Gasteiger partial charge in [-0.25, -0.2) is 5.43 Å². The Morgan fingerprint density at radius 2 is 1.77 bits per heavy atom. The molecule has 158 valence electrons. The van der Waals surface area contributed by atoms with Gasteiger partial charge in [-0.05, 0) is 35.9 Å². The Morgan fingerprint density at radius 1 is 1.00 bits per heavy atom. The summed E-state index contributed by atoms with van der Waals surface area (Å²) >= 11 is 0. The summed E-state index contributed by atoms with van der Waals surface area (Å²) in [7, 11) is 1.40. The fraction of sp³-hybridized carbons (Fsp3) is 0.200. The van der Waals surface area contributed by atoms with E-state index in [1.54, 1.807) is 36.4 Å². The van der Waals surface area contributed by atoms with Crippen LogP contribution in [-0.2, 0) is 14.4 Å². The second kappa shape index (κ2) is 11.7. The number of hydrogen-bond acceptors (Lipinski definition) is 8. The van der Waals surface area contributed by atoms with Crippen molar-refractivity contribution in [3.8, 4) is 17.2 Å². The molecule has 0 radical (unpaired) electrons. The summed E-state index contributed by atoms with van der Waals surface area (Å²) in [5.41, 5.74) is 2.83. The van der Waals surface area contributed by atoms with Gasteiger partial charge in [-0.15, -0.1) is 0 Å². The fourth-order valence-electron chi connectivity index (χ4n) is 2.13. The highest BCUT2D eigenvalue weighted by Crippen LogP contribution is 2.27. The van der Waals surface area contributed by atoms with E-state index in [-0.39, 0.29) is 24.7 Å². The molecule has 2 amide bonds. The number of benzene rings is 2. The summed E-state index contributed by atoms with van der Waals surface area (Å²) in [6.07, 6.45) is 1.35. The van der Waals surface area contributed by atoms with Gasteiger partial charge in [-0.2, -0.15) is 5.10 Å². The van der Waals surface area contributed by atoms with Crippen LogP contribution in [0.15, 0.2) is 53.6 Å². The number of hydrazone groups is 1. The third kappa shape index (κ3) is 7.89. The predicted octanol–water partition coefficient (Wildman–Crippen LogP) is -0.531. The number of nitrogens with one attached hydrogen (secondary N) is 2. The van der Waals surface area contributed by atoms with E-state index in [1.807, 2.05) is 6.07 Å². The standard InChI is InChI=1S/C20H21N3O7/c1-28-17-9-14(7-8-16(17)30-13-20(26)27)10-22-23-18(24)11-21-19(25)12-29-15-5-3-2-4-6-15/h2-10H,11-13H2,1H3,(H,21,25)(H,23,24)(H,26,27)/p-1/b22-10+. The molecule has 0 bridgehead atoms. The number of para-hydroxylation sites is 1. The SMILES string of the molecule is COc1cc(/C=N/NC(=O)CNC(=O)COc2ccccc2)ccc1OCC(=O)[O-]. The van der Waals surface area contributed by atoms with Crippen molar-refractivity contribution in [3.63, 3.8) is 0 Å². The molecule has 0 aliphatic rings. The van der Waals surface area contributed by atoms with E-state index >= 15 is 0 Å². The molecule has 2 aromatic rings. The minimum Gasteiger partial charge on any atom is -0.546 e. The predicted molar refractivity (Wildman–Crippen MR) is 104 cm³/mol. The molecule has 2 N–H and O–H groups in total. The van der Waals surface area contributed by atoms with Crippen LogP contribution >= 0.6 is 0 Å². The summed E-state index contributed by atoms with van der Waals surface area (Å²) in [6, 6.07) is 13.4. The smallest absolute Gasteiger partial charge is 0.259 e. The monoisotopic (exact) mass is 414 g/mol. The summed E-state index contributed by atoms with van der Waals surface area (Å²) in [4.78, 5) is 33.9. The molecule has 0 fully saturated rings. The summed E-state index contributed by atoms with van der Waals surface area (Å²) in [6.45, 7) is -1.09. The molecule has 10 heteroatoms. The van der Waals surface area contributed by atoms with Gasteiger partial charge in [-0.3, -0.25) is 9.59 Å². The third-order valence-electron chi connectivity index (χ3n) is 3.50. The highest BCUT2D eigenvalue weighted by Gasteiger charge is 2.07. The topological polar surface area (TPSA) is 138 Å². The quantitative estimate of drug-likeness (QED) is 0.372. The zero-order valence-corrected chi connectivity index (χ0v) is 16.1. The van der Waals surface area contributed by atoms with Crippen LogP contribution in [0.4, 0.5) is 0 Å². The molecule has 0 atom stereocenters. The van der Waals surface area contributed by atoms with Gasteiger partial charge in [0.05, 0.1) is 25.8 Å². The van der Waals surface area contributed by atoms with Gasteiger partial charge >= 0.3 is 0 Å². The number of carboxylic acid groups (broad SMARTS) is 1. The van der Waals surface area contributed by atoms with E-state index < -0.39 is 24.4 Å². The van der Waals surface area contributed by atoms with E-state index in [0.717, 1.165) is 0 Å². The number of nitrogens with zero attached hydrogens (tertiary/aromatic N) is 1. The number of aliphatic carboxylic acids is 1. The molecule has 0 saturated carbocycles. The van der Waals surface area contributed by atoms with Crippen LogP contribution in [0.25, 0.3) is 0 Å². The Bertz CT molecular complexity index is 901. The van der Waals surface area contributed by atoms with Crippen LogP contribution in [0, 0.1) is 0 Å². The molecule has 30 heavy (non-hydrogen) atoms. The van der Waals surface area contributed by atoms with Gasteiger partial charge in [0.25, 0.3) is 11.8 Å². The average molecular weight is 414 g/mol. The Hall–Kier alpha value is -4.08. The summed E-state index contributed by atoms with van der Waals surface area (Å²) < 4.78 is 15.4. The van der Waals surface area contributed by atoms with Crippen molar-refractivity contribution in [2.45, 2.75) is 0 Å². The van der Waals surface area contributed by atoms with Crippen LogP contribution in [0.3, 0.4) is 0 Å². The molecular weight excluding hydrogens is 394 g/mol. The van der Waals surface area contributed by atoms with Crippen molar-refractivity contribution in [1.82, 2.24) is 10.7 Å². The van der Waals surface area contributed by atoms with Crippen molar-refractivity contribution in [2.75, 3.05) is 26.9 Å². The minimum absolute atomic E-state index is 0.216. The zero-order chi connectivity index (χ0) is 21.8. The first kappa shape index (κ1) is 22.2. The van der Waals surface area contributed by atoms with Crippen LogP contribution < -0.4 is 30.1 Å². The molecule has 0 unspecified atom stereocenters. The molecule has 2 rings (SSSR count). The van der Waals surface area contributed by atoms with Crippen LogP contribution in [-0.4, -0.2) is 50.9 Å². The number of rotatable bonds is 11. The van der Waals surface area contributed by atoms with Crippen LogP contribution in [0.5, 0.6) is 17.2 Å². The van der Waals surface area contributed by atoms with Gasteiger partial charge in [0.2, 0.25) is 0 Å². The molecule has 2 aromatic carbocycles. The number of carbonyl (C=O) groups excluding carboxylic acids is 3. The Labute approximate surface area is 172 Å². The van der Waals surface area contributed by atoms with Gasteiger partial charge in [-0.1, -0.05) is 18.2 Å². The number of hydrogen-bond donors (Lipinski definition) is 2. The number of amides is 2. The normalized spacial score (nSPS) is 10.3. The number of carboxylic acids is 1. The summed E-state index contributed by atoms with van der Waals surface area (Å²) in [5, 5.41) is 16.7. The lowest BCUT2D eigenvalue weighted by Gasteiger charge is -2.11. The minimum atomic E-state index is -1.36. The van der Waals surface area contributed by atoms with E-state index in [4.69, 9.17) is 14.2 Å². The second-order valence-electron chi connectivity index (χ2n) is 5.74. The molecule has 0 aliphatic carbocycles. The van der Waals surface area contributed by atoms with Crippen molar-refractivity contribution >= 4 is 24.0 Å². The van der Waals surface area contributed by atoms with E-state index in [0.29, 0.717) is 11.3 Å². The van der Waals surface area contributed by atoms with Crippen molar-refractivity contribution in [3.05, 3.63) is 54.1 Å². The molecule has 0 spiro atoms. The molecule has 10 nitrogen and oxygen atoms in total. The van der Waals surface area contributed by atoms with E-state index in [2.05, 4.69) is 15.8 Å². The second-order valence-corrected chi connectivity index (χ2v) is 5.74. The van der Waals surface area contributed by atoms with Gasteiger partial charge in [0.15, 0.2) is 18.1 Å². The maximum absolute atomic E-state index is 11.8. The summed E-state index contributed by atoms with van der Waals surface area (Å²) in [5.74, 6) is -1.27. The fourth-order valence-corrected chi connectivity index (χ4v) is 2.13. The van der Waals surface area contributed by atoms with Crippen molar-refractivity contribution < 1.29 is 33.7 Å². The molecule has 0 heterocycles. The van der Waals surface area contributed by atoms with Crippen LogP contribution in [0.2, 0.25) is 0 Å². The van der Waals surface area contributed by atoms with Crippen LogP contribution in [0.1, 0.15) is 5.56 Å². The number of ether oxygens (including phenoxy) is 3. The van der Waals surface area contributed by atoms with E-state index in [1.165, 1.54) is 19.4 Å². The van der Waals surface area contributed by atoms with Crippen molar-refractivity contribution in [2.24, 2.45) is 5.10 Å². The maximum Gasteiger partial charge on any atom is 0.259 e. The van der Waals surface area contributed by atoms with E-state index in [9.17, 15) is 19.5 Å². The van der Waals surface area contributed by atoms with Gasteiger partial charge < -0.3 is 29.4 Å². The first-order valence-electron chi connectivity index (χ1n) is 8.75. The first-order valence-corrected chi connectivity index (χ1v) is 8.75. The first-order chi connectivity index (χ1) is 14.5. The molecular formula is C20H20N3O7-. The highest BCUT2D eigenvalue weighted by atomic mass is 16.5. The van der Waals surface area contributed by atoms with Crippen molar-refractivity contribution in [1.29, 1.82) is 0 Å².